The van der Waals surface area contributed by atoms with Gasteiger partial charge in [0.05, 0.1) is 23.4 Å². The van der Waals surface area contributed by atoms with Gasteiger partial charge in [-0.05, 0) is 31.7 Å². The maximum Gasteiger partial charge on any atom is 0.337 e. The number of amides is 2. The maximum absolute atomic E-state index is 11.9. The van der Waals surface area contributed by atoms with E-state index in [2.05, 4.69) is 4.98 Å². The van der Waals surface area contributed by atoms with E-state index in [1.807, 2.05) is 4.90 Å². The van der Waals surface area contributed by atoms with Crippen LogP contribution in [-0.4, -0.2) is 52.4 Å². The number of aromatic nitrogens is 1. The van der Waals surface area contributed by atoms with Gasteiger partial charge in [-0.25, -0.2) is 9.78 Å². The Labute approximate surface area is 145 Å². The Morgan fingerprint density at radius 2 is 1.84 bits per heavy atom. The van der Waals surface area contributed by atoms with Crippen molar-refractivity contribution in [3.05, 3.63) is 22.9 Å². The van der Waals surface area contributed by atoms with E-state index in [0.717, 1.165) is 38.8 Å². The number of pyridine rings is 1. The monoisotopic (exact) mass is 346 g/mol. The minimum absolute atomic E-state index is 0.00311. The van der Waals surface area contributed by atoms with E-state index in [4.69, 9.17) is 5.73 Å². The molecule has 0 saturated carbocycles. The Hall–Kier alpha value is -2.64. The summed E-state index contributed by atoms with van der Waals surface area (Å²) in [4.78, 5) is 43.4. The molecule has 2 saturated heterocycles. The van der Waals surface area contributed by atoms with Crippen molar-refractivity contribution in [1.82, 2.24) is 9.88 Å². The molecule has 25 heavy (non-hydrogen) atoms. The van der Waals surface area contributed by atoms with Crippen LogP contribution in [0.4, 0.5) is 5.82 Å². The smallest absolute Gasteiger partial charge is 0.337 e. The second-order valence-electron chi connectivity index (χ2n) is 6.49. The molecular weight excluding hydrogens is 324 g/mol. The van der Waals surface area contributed by atoms with Crippen molar-refractivity contribution < 1.29 is 19.5 Å². The molecule has 0 bridgehead atoms. The van der Waals surface area contributed by atoms with Crippen LogP contribution in [0.5, 0.6) is 0 Å². The molecule has 0 unspecified atom stereocenters. The quantitative estimate of drug-likeness (QED) is 0.821. The van der Waals surface area contributed by atoms with E-state index >= 15 is 0 Å². The van der Waals surface area contributed by atoms with Gasteiger partial charge in [0.2, 0.25) is 5.91 Å². The largest absolute Gasteiger partial charge is 0.478 e. The average Bonchev–Trinajstić information content (AvgIpc) is 2.99. The Kier molecular flexibility index (Phi) is 4.87. The van der Waals surface area contributed by atoms with Crippen LogP contribution in [0.15, 0.2) is 6.07 Å². The number of carboxylic acids is 1. The first-order valence-electron chi connectivity index (χ1n) is 8.57. The molecule has 2 amide bonds. The second-order valence-corrected chi connectivity index (χ2v) is 6.49. The fraction of sp³-hybridized carbons (Fsp3) is 0.529. The molecular formula is C17H22N4O4. The van der Waals surface area contributed by atoms with Crippen LogP contribution in [-0.2, 0) is 11.3 Å². The van der Waals surface area contributed by atoms with Gasteiger partial charge in [-0.15, -0.1) is 0 Å². The summed E-state index contributed by atoms with van der Waals surface area (Å²) in [7, 11) is 0. The fourth-order valence-corrected chi connectivity index (χ4v) is 3.43. The maximum atomic E-state index is 11.9. The standard InChI is InChI=1S/C17H22N4O4/c18-15(23)12-9-11(17(24)25)13(10-21-8-4-5-14(21)22)19-16(12)20-6-2-1-3-7-20/h9H,1-8,10H2,(H2,18,23)(H,24,25). The van der Waals surface area contributed by atoms with Crippen LogP contribution in [0.1, 0.15) is 58.5 Å². The highest BCUT2D eigenvalue weighted by Crippen LogP contribution is 2.26. The number of primary amides is 1. The van der Waals surface area contributed by atoms with Crippen molar-refractivity contribution in [3.8, 4) is 0 Å². The fourth-order valence-electron chi connectivity index (χ4n) is 3.43. The van der Waals surface area contributed by atoms with E-state index in [-0.39, 0.29) is 23.6 Å². The molecule has 1 aromatic heterocycles. The van der Waals surface area contributed by atoms with Crippen molar-refractivity contribution in [3.63, 3.8) is 0 Å². The van der Waals surface area contributed by atoms with E-state index in [9.17, 15) is 19.5 Å². The molecule has 3 N–H and O–H groups in total. The number of likely N-dealkylation sites (tertiary alicyclic amines) is 1. The molecule has 1 aromatic rings. The molecule has 8 nitrogen and oxygen atoms in total. The zero-order chi connectivity index (χ0) is 18.0. The number of nitrogens with zero attached hydrogens (tertiary/aromatic N) is 3. The highest BCUT2D eigenvalue weighted by atomic mass is 16.4. The van der Waals surface area contributed by atoms with Gasteiger partial charge in [-0.3, -0.25) is 9.59 Å². The van der Waals surface area contributed by atoms with Gasteiger partial charge < -0.3 is 20.6 Å². The molecule has 8 heteroatoms. The third-order valence-corrected chi connectivity index (χ3v) is 4.74. The predicted molar refractivity (Wildman–Crippen MR) is 90.4 cm³/mol. The van der Waals surface area contributed by atoms with E-state index in [0.29, 0.717) is 24.5 Å². The van der Waals surface area contributed by atoms with Crippen LogP contribution >= 0.6 is 0 Å². The summed E-state index contributed by atoms with van der Waals surface area (Å²) in [6.07, 6.45) is 4.33. The highest BCUT2D eigenvalue weighted by Gasteiger charge is 2.27. The Morgan fingerprint density at radius 3 is 2.40 bits per heavy atom. The van der Waals surface area contributed by atoms with Crippen LogP contribution in [0.25, 0.3) is 0 Å². The molecule has 2 aliphatic rings. The summed E-state index contributed by atoms with van der Waals surface area (Å²) in [5.41, 5.74) is 5.81. The molecule has 3 rings (SSSR count). The summed E-state index contributed by atoms with van der Waals surface area (Å²) >= 11 is 0. The predicted octanol–water partition coefficient (Wildman–Crippen LogP) is 0.991. The number of carbonyl (C=O) groups excluding carboxylic acids is 2. The molecule has 0 aromatic carbocycles. The van der Waals surface area contributed by atoms with Gasteiger partial charge in [0, 0.05) is 26.1 Å². The number of hydrogen-bond acceptors (Lipinski definition) is 5. The van der Waals surface area contributed by atoms with Crippen molar-refractivity contribution in [1.29, 1.82) is 0 Å². The van der Waals surface area contributed by atoms with Crippen LogP contribution in [0, 0.1) is 0 Å². The molecule has 0 spiro atoms. The zero-order valence-electron chi connectivity index (χ0n) is 14.0. The number of carbonyl (C=O) groups is 3. The van der Waals surface area contributed by atoms with Gasteiger partial charge in [-0.2, -0.15) is 0 Å². The number of carboxylic acid groups (broad SMARTS) is 1. The highest BCUT2D eigenvalue weighted by molar-refractivity contribution is 6.01. The number of hydrogen-bond donors (Lipinski definition) is 2. The minimum atomic E-state index is -1.18. The first kappa shape index (κ1) is 17.2. The van der Waals surface area contributed by atoms with E-state index < -0.39 is 11.9 Å². The van der Waals surface area contributed by atoms with Gasteiger partial charge in [0.15, 0.2) is 0 Å². The topological polar surface area (TPSA) is 117 Å². The van der Waals surface area contributed by atoms with Gasteiger partial charge in [-0.1, -0.05) is 0 Å². The Balaban J connectivity index is 2.03. The van der Waals surface area contributed by atoms with Crippen LogP contribution in [0.2, 0.25) is 0 Å². The van der Waals surface area contributed by atoms with Gasteiger partial charge in [0.1, 0.15) is 5.82 Å². The first-order valence-corrected chi connectivity index (χ1v) is 8.57. The van der Waals surface area contributed by atoms with Crippen molar-refractivity contribution >= 4 is 23.6 Å². The Morgan fingerprint density at radius 1 is 1.12 bits per heavy atom. The number of piperidine rings is 1. The number of aromatic carboxylic acids is 1. The summed E-state index contributed by atoms with van der Waals surface area (Å²) < 4.78 is 0. The lowest BCUT2D eigenvalue weighted by molar-refractivity contribution is -0.128. The summed E-state index contributed by atoms with van der Waals surface area (Å²) in [5.74, 6) is -1.45. The lowest BCUT2D eigenvalue weighted by Gasteiger charge is -2.30. The average molecular weight is 346 g/mol. The number of rotatable bonds is 5. The van der Waals surface area contributed by atoms with Crippen molar-refractivity contribution in [2.75, 3.05) is 24.5 Å². The lowest BCUT2D eigenvalue weighted by atomic mass is 10.1. The normalized spacial score (nSPS) is 17.8. The Bertz CT molecular complexity index is 713. The summed E-state index contributed by atoms with van der Waals surface area (Å²) in [6, 6.07) is 1.30. The van der Waals surface area contributed by atoms with E-state index in [1.54, 1.807) is 4.90 Å². The van der Waals surface area contributed by atoms with Crippen molar-refractivity contribution in [2.45, 2.75) is 38.6 Å². The van der Waals surface area contributed by atoms with Crippen LogP contribution in [0.3, 0.4) is 0 Å². The second kappa shape index (κ2) is 7.08. The molecule has 134 valence electrons. The zero-order valence-corrected chi connectivity index (χ0v) is 14.0. The third kappa shape index (κ3) is 3.57. The summed E-state index contributed by atoms with van der Waals surface area (Å²) in [5, 5.41) is 9.50. The molecule has 0 aliphatic carbocycles. The van der Waals surface area contributed by atoms with Gasteiger partial charge in [0.25, 0.3) is 5.91 Å². The lowest BCUT2D eigenvalue weighted by Crippen LogP contribution is -2.34. The third-order valence-electron chi connectivity index (χ3n) is 4.74. The SMILES string of the molecule is NC(=O)c1cc(C(=O)O)c(CN2CCCC2=O)nc1N1CCCCC1. The van der Waals surface area contributed by atoms with Gasteiger partial charge >= 0.3 is 5.97 Å². The molecule has 0 atom stereocenters. The summed E-state index contributed by atoms with van der Waals surface area (Å²) in [6.45, 7) is 2.24. The number of nitrogens with two attached hydrogens (primary N) is 1. The molecule has 2 fully saturated rings. The minimum Gasteiger partial charge on any atom is -0.478 e. The van der Waals surface area contributed by atoms with Crippen LogP contribution < -0.4 is 10.6 Å². The number of anilines is 1. The van der Waals surface area contributed by atoms with Crippen molar-refractivity contribution in [2.24, 2.45) is 5.73 Å². The molecule has 3 heterocycles. The first-order chi connectivity index (χ1) is 12.0. The van der Waals surface area contributed by atoms with E-state index in [1.165, 1.54) is 6.07 Å². The molecule has 0 radical (unpaired) electrons. The molecule has 2 aliphatic heterocycles.